The minimum absolute atomic E-state index is 0.00438. The second kappa shape index (κ2) is 26.3. The number of aryl methyl sites for hydroxylation is 1. The molecule has 0 bridgehead atoms. The summed E-state index contributed by atoms with van der Waals surface area (Å²) in [6.45, 7) is 8.24. The Bertz CT molecular complexity index is 2040. The van der Waals surface area contributed by atoms with E-state index < -0.39 is 11.5 Å². The van der Waals surface area contributed by atoms with E-state index in [1.807, 2.05) is 79.8 Å². The number of ether oxygens (including phenoxy) is 2. The lowest BCUT2D eigenvalue weighted by Gasteiger charge is -2.32. The topological polar surface area (TPSA) is 181 Å². The molecule has 328 valence electrons. The lowest BCUT2D eigenvalue weighted by Crippen LogP contribution is -2.45. The Morgan fingerprint density at radius 1 is 0.787 bits per heavy atom. The molecule has 0 fully saturated rings. The number of aromatic nitrogens is 1. The van der Waals surface area contributed by atoms with Crippen molar-refractivity contribution >= 4 is 17.5 Å². The molecule has 0 saturated heterocycles. The van der Waals surface area contributed by atoms with Gasteiger partial charge in [-0.05, 0) is 73.5 Å². The van der Waals surface area contributed by atoms with Crippen molar-refractivity contribution in [3.63, 3.8) is 0 Å². The summed E-state index contributed by atoms with van der Waals surface area (Å²) in [5.41, 5.74) is 16.0. The molecule has 0 aliphatic heterocycles. The minimum atomic E-state index is -0.411. The third kappa shape index (κ3) is 16.6. The van der Waals surface area contributed by atoms with Gasteiger partial charge in [0.2, 0.25) is 0 Å². The maximum Gasteiger partial charge on any atom is 0.293 e. The zero-order valence-corrected chi connectivity index (χ0v) is 36.2. The number of carbonyl (C=O) groups excluding carboxylic acids is 2. The molecule has 4 rings (SSSR count). The number of nitrogens with two attached hydrogens (primary N) is 2. The first-order valence-corrected chi connectivity index (χ1v) is 20.9. The molecule has 0 spiro atoms. The Kier molecular flexibility index (Phi) is 20.6. The molecule has 1 unspecified atom stereocenters. The summed E-state index contributed by atoms with van der Waals surface area (Å²) in [6.07, 6.45) is 5.75. The number of amides is 2. The van der Waals surface area contributed by atoms with E-state index in [2.05, 4.69) is 43.2 Å². The Hall–Kier alpha value is -5.93. The number of hydrogen-bond acceptors (Lipinski definition) is 11. The summed E-state index contributed by atoms with van der Waals surface area (Å²) in [5.74, 6) is -0.0174. The smallest absolute Gasteiger partial charge is 0.293 e. The number of rotatable bonds is 27. The third-order valence-electron chi connectivity index (χ3n) is 10.1. The molecule has 1 heterocycles. The van der Waals surface area contributed by atoms with Crippen LogP contribution in [0.5, 0.6) is 5.75 Å². The molecule has 8 N–H and O–H groups in total. The number of allylic oxidation sites excluding steroid dienone is 1. The molecule has 61 heavy (non-hydrogen) atoms. The van der Waals surface area contributed by atoms with Crippen LogP contribution in [-0.4, -0.2) is 106 Å². The molecular formula is C47H65N9O5. The first-order valence-electron chi connectivity index (χ1n) is 20.9. The van der Waals surface area contributed by atoms with Gasteiger partial charge in [0.25, 0.3) is 17.4 Å². The average Bonchev–Trinajstić information content (AvgIpc) is 3.26. The van der Waals surface area contributed by atoms with Gasteiger partial charge in [0.05, 0.1) is 11.1 Å². The molecular weight excluding hydrogens is 771 g/mol. The van der Waals surface area contributed by atoms with Crippen molar-refractivity contribution in [2.75, 3.05) is 85.3 Å². The van der Waals surface area contributed by atoms with Gasteiger partial charge in [-0.15, -0.1) is 0 Å². The van der Waals surface area contributed by atoms with Crippen LogP contribution in [-0.2, 0) is 36.2 Å². The molecule has 0 aliphatic carbocycles. The van der Waals surface area contributed by atoms with E-state index in [4.69, 9.17) is 20.9 Å². The van der Waals surface area contributed by atoms with Crippen molar-refractivity contribution < 1.29 is 19.1 Å². The molecule has 14 nitrogen and oxygen atoms in total. The average molecular weight is 836 g/mol. The van der Waals surface area contributed by atoms with E-state index in [0.29, 0.717) is 56.4 Å². The molecule has 3 aromatic carbocycles. The summed E-state index contributed by atoms with van der Waals surface area (Å²) < 4.78 is 13.4. The van der Waals surface area contributed by atoms with Crippen LogP contribution in [0.3, 0.4) is 0 Å². The van der Waals surface area contributed by atoms with Gasteiger partial charge < -0.3 is 51.7 Å². The molecule has 0 saturated carbocycles. The van der Waals surface area contributed by atoms with Crippen molar-refractivity contribution in [1.29, 1.82) is 0 Å². The van der Waals surface area contributed by atoms with Crippen LogP contribution in [0, 0.1) is 5.92 Å². The largest absolute Gasteiger partial charge is 0.493 e. The highest BCUT2D eigenvalue weighted by Crippen LogP contribution is 2.17. The lowest BCUT2D eigenvalue weighted by atomic mass is 9.97. The third-order valence-corrected chi connectivity index (χ3v) is 10.1. The summed E-state index contributed by atoms with van der Waals surface area (Å²) in [6, 6.07) is 28.8. The zero-order valence-electron chi connectivity index (χ0n) is 36.2. The van der Waals surface area contributed by atoms with Crippen LogP contribution in [0.2, 0.25) is 0 Å². The summed E-state index contributed by atoms with van der Waals surface area (Å²) in [4.78, 5) is 45.2. The standard InChI is InChI=1S/C47H65N9O5/c1-36(60-34-38-11-7-5-8-12-38)42(19-22-50-2)45(57)52-24-29-56(33-40(31-37-15-17-41(49)18-16-37)32-55(27-21-48)28-23-51-3)30-25-53-46(58)43-20-26-54(4)47(59)44(43)61-35-39-13-9-6-10-14-39/h5-20,22,26,40,50-51H,21,23-25,27-35,48-49H2,1-4H3,(H,52,57)(H,53,58)/b22-19-,42-36-. The van der Waals surface area contributed by atoms with Gasteiger partial charge >= 0.3 is 0 Å². The Balaban J connectivity index is 1.53. The van der Waals surface area contributed by atoms with Gasteiger partial charge in [-0.3, -0.25) is 19.3 Å². The number of nitrogens with zero attached hydrogens (tertiary/aromatic N) is 3. The molecule has 4 aromatic rings. The molecule has 2 amide bonds. The second-order valence-corrected chi connectivity index (χ2v) is 14.9. The fourth-order valence-corrected chi connectivity index (χ4v) is 6.81. The fraction of sp³-hybridized carbons (Fsp3) is 0.383. The lowest BCUT2D eigenvalue weighted by molar-refractivity contribution is -0.117. The number of likely N-dealkylation sites (N-methyl/N-ethyl adjacent to an activating group) is 1. The van der Waals surface area contributed by atoms with Crippen LogP contribution in [0.15, 0.2) is 126 Å². The quantitative estimate of drug-likeness (QED) is 0.0225. The van der Waals surface area contributed by atoms with E-state index in [1.165, 1.54) is 4.57 Å². The van der Waals surface area contributed by atoms with Crippen LogP contribution in [0.1, 0.15) is 34.0 Å². The molecule has 14 heteroatoms. The Labute approximate surface area is 361 Å². The van der Waals surface area contributed by atoms with Gasteiger partial charge in [0.1, 0.15) is 19.0 Å². The Morgan fingerprint density at radius 2 is 1.39 bits per heavy atom. The van der Waals surface area contributed by atoms with Crippen LogP contribution in [0.4, 0.5) is 5.69 Å². The van der Waals surface area contributed by atoms with Crippen molar-refractivity contribution in [1.82, 2.24) is 35.6 Å². The van der Waals surface area contributed by atoms with Crippen molar-refractivity contribution in [3.05, 3.63) is 153 Å². The highest BCUT2D eigenvalue weighted by atomic mass is 16.5. The van der Waals surface area contributed by atoms with E-state index in [1.54, 1.807) is 45.6 Å². The van der Waals surface area contributed by atoms with Gasteiger partial charge in [0.15, 0.2) is 5.75 Å². The van der Waals surface area contributed by atoms with Gasteiger partial charge in [-0.2, -0.15) is 0 Å². The normalized spacial score (nSPS) is 12.3. The van der Waals surface area contributed by atoms with Crippen molar-refractivity contribution in [2.45, 2.75) is 26.6 Å². The zero-order chi connectivity index (χ0) is 43.8. The summed E-state index contributed by atoms with van der Waals surface area (Å²) in [5, 5.41) is 12.3. The molecule has 1 aromatic heterocycles. The minimum Gasteiger partial charge on any atom is -0.493 e. The first-order chi connectivity index (χ1) is 29.6. The van der Waals surface area contributed by atoms with Crippen LogP contribution < -0.4 is 43.0 Å². The van der Waals surface area contributed by atoms with Crippen molar-refractivity contribution in [3.8, 4) is 5.75 Å². The van der Waals surface area contributed by atoms with E-state index >= 15 is 0 Å². The maximum atomic E-state index is 13.7. The number of carbonyl (C=O) groups is 2. The highest BCUT2D eigenvalue weighted by molar-refractivity contribution is 5.97. The number of benzene rings is 3. The van der Waals surface area contributed by atoms with E-state index in [0.717, 1.165) is 49.3 Å². The number of nitrogens with one attached hydrogen (secondary N) is 4. The van der Waals surface area contributed by atoms with E-state index in [-0.39, 0.29) is 36.3 Å². The second-order valence-electron chi connectivity index (χ2n) is 14.9. The van der Waals surface area contributed by atoms with E-state index in [9.17, 15) is 14.4 Å². The number of nitrogen functional groups attached to an aromatic ring is 1. The monoisotopic (exact) mass is 836 g/mol. The summed E-state index contributed by atoms with van der Waals surface area (Å²) in [7, 11) is 5.33. The SMILES string of the molecule is CN/C=C\C(C(=O)NCCN(CCNC(=O)c1ccn(C)c(=O)c1OCc1ccccc1)CC(Cc1ccc(N)cc1)CN(CCN)CCNC)=C(/C)OCc1ccccc1. The predicted octanol–water partition coefficient (Wildman–Crippen LogP) is 3.26. The maximum absolute atomic E-state index is 13.7. The fourth-order valence-electron chi connectivity index (χ4n) is 6.81. The van der Waals surface area contributed by atoms with Crippen molar-refractivity contribution in [2.24, 2.45) is 18.7 Å². The molecule has 0 radical (unpaired) electrons. The van der Waals surface area contributed by atoms with Crippen LogP contribution in [0.25, 0.3) is 0 Å². The molecule has 1 atom stereocenters. The number of pyridine rings is 1. The highest BCUT2D eigenvalue weighted by Gasteiger charge is 2.22. The van der Waals surface area contributed by atoms with Gasteiger partial charge in [0, 0.05) is 91.4 Å². The predicted molar refractivity (Wildman–Crippen MR) is 244 cm³/mol. The van der Waals surface area contributed by atoms with Gasteiger partial charge in [-0.25, -0.2) is 0 Å². The first kappa shape index (κ1) is 47.7. The van der Waals surface area contributed by atoms with Crippen LogP contribution >= 0.6 is 0 Å². The van der Waals surface area contributed by atoms with Gasteiger partial charge in [-0.1, -0.05) is 72.8 Å². The summed E-state index contributed by atoms with van der Waals surface area (Å²) >= 11 is 0. The Morgan fingerprint density at radius 3 is 2.02 bits per heavy atom. The number of anilines is 1. The molecule has 0 aliphatic rings. The number of hydrogen-bond donors (Lipinski definition) is 6.